The highest BCUT2D eigenvalue weighted by Crippen LogP contribution is 2.49. The van der Waals surface area contributed by atoms with Gasteiger partial charge in [0.2, 0.25) is 0 Å². The summed E-state index contributed by atoms with van der Waals surface area (Å²) in [5.41, 5.74) is 2.75. The Bertz CT molecular complexity index is 503. The van der Waals surface area contributed by atoms with Gasteiger partial charge in [0.15, 0.2) is 0 Å². The van der Waals surface area contributed by atoms with Gasteiger partial charge in [0.1, 0.15) is 5.75 Å². The predicted molar refractivity (Wildman–Crippen MR) is 80.8 cm³/mol. The van der Waals surface area contributed by atoms with Crippen molar-refractivity contribution in [1.29, 1.82) is 0 Å². The molecule has 0 radical (unpaired) electrons. The van der Waals surface area contributed by atoms with Crippen LogP contribution in [0.5, 0.6) is 5.75 Å². The highest BCUT2D eigenvalue weighted by atomic mass is 16.5. The smallest absolute Gasteiger partial charge is 0.118 e. The number of allylic oxidation sites excluding steroid dienone is 1. The van der Waals surface area contributed by atoms with Crippen molar-refractivity contribution in [2.45, 2.75) is 26.9 Å². The third-order valence-corrected chi connectivity index (χ3v) is 5.21. The van der Waals surface area contributed by atoms with E-state index in [0.29, 0.717) is 23.7 Å². The minimum absolute atomic E-state index is 0.191. The maximum atomic E-state index is 6.23. The van der Waals surface area contributed by atoms with E-state index < -0.39 is 0 Å². The van der Waals surface area contributed by atoms with Gasteiger partial charge in [0.25, 0.3) is 0 Å². The molecule has 0 N–H and O–H groups in total. The number of fused-ring (bicyclic) bond motifs is 2. The van der Waals surface area contributed by atoms with Gasteiger partial charge in [0, 0.05) is 5.92 Å². The summed E-state index contributed by atoms with van der Waals surface area (Å²) in [6.07, 6.45) is 2.64. The van der Waals surface area contributed by atoms with Crippen LogP contribution in [0.1, 0.15) is 32.4 Å². The molecule has 2 heteroatoms. The Hall–Kier alpha value is -1.28. The molecule has 0 amide bonds. The highest BCUT2D eigenvalue weighted by Gasteiger charge is 2.43. The van der Waals surface area contributed by atoms with Crippen LogP contribution < -0.4 is 4.74 Å². The first-order chi connectivity index (χ1) is 9.61. The molecular formula is C18H24O2. The highest BCUT2D eigenvalue weighted by molar-refractivity contribution is 5.31. The summed E-state index contributed by atoms with van der Waals surface area (Å²) < 4.78 is 11.5. The van der Waals surface area contributed by atoms with E-state index in [1.54, 1.807) is 7.11 Å². The molecule has 1 aliphatic heterocycles. The molecule has 1 aromatic carbocycles. The van der Waals surface area contributed by atoms with E-state index in [-0.39, 0.29) is 6.10 Å². The van der Waals surface area contributed by atoms with Crippen LogP contribution in [0.3, 0.4) is 0 Å². The number of hydrogen-bond acceptors (Lipinski definition) is 2. The van der Waals surface area contributed by atoms with Crippen molar-refractivity contribution in [3.63, 3.8) is 0 Å². The molecule has 2 nitrogen and oxygen atoms in total. The molecule has 1 aromatic rings. The molecule has 1 fully saturated rings. The summed E-state index contributed by atoms with van der Waals surface area (Å²) in [7, 11) is 1.70. The molecule has 108 valence electrons. The summed E-state index contributed by atoms with van der Waals surface area (Å²) in [6.45, 7) is 7.84. The van der Waals surface area contributed by atoms with Crippen molar-refractivity contribution >= 4 is 0 Å². The van der Waals surface area contributed by atoms with Crippen LogP contribution in [0.25, 0.3) is 0 Å². The predicted octanol–water partition coefficient (Wildman–Crippen LogP) is 4.23. The molecular weight excluding hydrogens is 248 g/mol. The van der Waals surface area contributed by atoms with Gasteiger partial charge in [-0.15, -0.1) is 0 Å². The second-order valence-electron chi connectivity index (χ2n) is 6.35. The van der Waals surface area contributed by atoms with Gasteiger partial charge in [-0.25, -0.2) is 0 Å². The Labute approximate surface area is 121 Å². The van der Waals surface area contributed by atoms with Gasteiger partial charge in [-0.3, -0.25) is 0 Å². The van der Waals surface area contributed by atoms with Crippen LogP contribution in [-0.4, -0.2) is 13.7 Å². The molecule has 1 saturated heterocycles. The maximum Gasteiger partial charge on any atom is 0.118 e. The molecule has 0 unspecified atom stereocenters. The van der Waals surface area contributed by atoms with Crippen LogP contribution in [0.2, 0.25) is 0 Å². The summed E-state index contributed by atoms with van der Waals surface area (Å²) in [6, 6.07) is 8.34. The summed E-state index contributed by atoms with van der Waals surface area (Å²) in [5, 5.41) is 0. The molecule has 0 spiro atoms. The van der Waals surface area contributed by atoms with E-state index in [1.807, 2.05) is 12.1 Å². The second kappa shape index (κ2) is 5.25. The first-order valence-corrected chi connectivity index (χ1v) is 7.55. The Balaban J connectivity index is 1.92. The number of ether oxygens (including phenoxy) is 2. The number of methoxy groups -OCH3 is 1. The largest absolute Gasteiger partial charge is 0.497 e. The summed E-state index contributed by atoms with van der Waals surface area (Å²) >= 11 is 0. The lowest BCUT2D eigenvalue weighted by molar-refractivity contribution is -0.0934. The van der Waals surface area contributed by atoms with Gasteiger partial charge in [-0.1, -0.05) is 37.6 Å². The molecule has 20 heavy (non-hydrogen) atoms. The zero-order chi connectivity index (χ0) is 14.3. The molecule has 3 rings (SSSR count). The Morgan fingerprint density at radius 2 is 1.85 bits per heavy atom. The normalized spacial score (nSPS) is 36.4. The van der Waals surface area contributed by atoms with E-state index in [0.717, 1.165) is 12.4 Å². The minimum Gasteiger partial charge on any atom is -0.497 e. The van der Waals surface area contributed by atoms with Gasteiger partial charge in [-0.05, 0) is 42.4 Å². The second-order valence-corrected chi connectivity index (χ2v) is 6.35. The Kier molecular flexibility index (Phi) is 3.59. The van der Waals surface area contributed by atoms with Crippen molar-refractivity contribution in [1.82, 2.24) is 0 Å². The van der Waals surface area contributed by atoms with E-state index in [1.165, 1.54) is 11.1 Å². The zero-order valence-electron chi connectivity index (χ0n) is 12.8. The van der Waals surface area contributed by atoms with Crippen LogP contribution in [-0.2, 0) is 4.74 Å². The number of benzene rings is 1. The average molecular weight is 272 g/mol. The monoisotopic (exact) mass is 272 g/mol. The quantitative estimate of drug-likeness (QED) is 0.750. The molecule has 0 saturated carbocycles. The van der Waals surface area contributed by atoms with Crippen molar-refractivity contribution in [2.24, 2.45) is 23.7 Å². The molecule has 1 heterocycles. The topological polar surface area (TPSA) is 18.5 Å². The Morgan fingerprint density at radius 1 is 1.15 bits per heavy atom. The fourth-order valence-electron chi connectivity index (χ4n) is 4.04. The Morgan fingerprint density at radius 3 is 2.50 bits per heavy atom. The van der Waals surface area contributed by atoms with Crippen molar-refractivity contribution in [2.75, 3.05) is 13.7 Å². The van der Waals surface area contributed by atoms with Crippen LogP contribution in [0, 0.1) is 23.7 Å². The third kappa shape index (κ3) is 2.16. The van der Waals surface area contributed by atoms with E-state index in [4.69, 9.17) is 9.47 Å². The first-order valence-electron chi connectivity index (χ1n) is 7.55. The van der Waals surface area contributed by atoms with E-state index in [2.05, 4.69) is 39.0 Å². The standard InChI is InChI=1S/C18H24O2/c1-11-9-12(2)17-13(3)16(11)10-20-18(17)14-5-7-15(19-4)8-6-14/h5-9,11,13,16-18H,10H2,1-4H3/t11-,13+,16+,17+,18+/m1/s1. The first kappa shape index (κ1) is 13.7. The minimum atomic E-state index is 0.191. The van der Waals surface area contributed by atoms with Gasteiger partial charge < -0.3 is 9.47 Å². The molecule has 1 aliphatic carbocycles. The SMILES string of the molecule is COc1ccc([C@@H]2OC[C@@H]3[C@H](C)[C@@H]2C(C)=C[C@H]3C)cc1. The van der Waals surface area contributed by atoms with Crippen molar-refractivity contribution in [3.05, 3.63) is 41.5 Å². The number of hydrogen-bond donors (Lipinski definition) is 0. The van der Waals surface area contributed by atoms with Gasteiger partial charge in [0.05, 0.1) is 19.8 Å². The maximum absolute atomic E-state index is 6.23. The molecule has 5 atom stereocenters. The number of rotatable bonds is 2. The molecule has 2 aliphatic rings. The van der Waals surface area contributed by atoms with Crippen molar-refractivity contribution < 1.29 is 9.47 Å². The fraction of sp³-hybridized carbons (Fsp3) is 0.556. The summed E-state index contributed by atoms with van der Waals surface area (Å²) in [4.78, 5) is 0. The van der Waals surface area contributed by atoms with E-state index >= 15 is 0 Å². The van der Waals surface area contributed by atoms with Crippen molar-refractivity contribution in [3.8, 4) is 5.75 Å². The summed E-state index contributed by atoms with van der Waals surface area (Å²) in [5.74, 6) is 3.41. The van der Waals surface area contributed by atoms with E-state index in [9.17, 15) is 0 Å². The lowest BCUT2D eigenvalue weighted by Crippen LogP contribution is -2.42. The van der Waals surface area contributed by atoms with Gasteiger partial charge >= 0.3 is 0 Å². The van der Waals surface area contributed by atoms with Crippen LogP contribution in [0.4, 0.5) is 0 Å². The third-order valence-electron chi connectivity index (χ3n) is 5.21. The molecule has 0 aromatic heterocycles. The van der Waals surface area contributed by atoms with Crippen LogP contribution >= 0.6 is 0 Å². The average Bonchev–Trinajstić information content (AvgIpc) is 2.45. The lowest BCUT2D eigenvalue weighted by Gasteiger charge is -2.47. The zero-order valence-corrected chi connectivity index (χ0v) is 12.8. The van der Waals surface area contributed by atoms with Crippen LogP contribution in [0.15, 0.2) is 35.9 Å². The molecule has 2 bridgehead atoms. The fourth-order valence-corrected chi connectivity index (χ4v) is 4.04. The lowest BCUT2D eigenvalue weighted by atomic mass is 9.64. The van der Waals surface area contributed by atoms with Gasteiger partial charge in [-0.2, -0.15) is 0 Å².